The fourth-order valence-electron chi connectivity index (χ4n) is 5.28. The van der Waals surface area contributed by atoms with Crippen molar-refractivity contribution < 1.29 is 17.9 Å². The average Bonchev–Trinajstić information content (AvgIpc) is 3.54. The topological polar surface area (TPSA) is 84.7 Å². The van der Waals surface area contributed by atoms with E-state index in [0.29, 0.717) is 31.1 Å². The molecule has 2 aliphatic rings. The third-order valence-corrected chi connectivity index (χ3v) is 10.9. The number of halogens is 1. The highest BCUT2D eigenvalue weighted by Crippen LogP contribution is 2.37. The first-order chi connectivity index (χ1) is 21.1. The second kappa shape index (κ2) is 12.6. The number of amides is 1. The molecular weight excluding hydrogens is 636 g/mol. The molecule has 6 rings (SSSR count). The molecule has 0 bridgehead atoms. The number of rotatable bonds is 7. The molecule has 0 aliphatic carbocycles. The Labute approximate surface area is 271 Å². The van der Waals surface area contributed by atoms with E-state index in [4.69, 9.17) is 33.7 Å². The predicted molar refractivity (Wildman–Crippen MR) is 178 cm³/mol. The van der Waals surface area contributed by atoms with Crippen molar-refractivity contribution in [1.29, 1.82) is 0 Å². The number of para-hydroxylation sites is 1. The summed E-state index contributed by atoms with van der Waals surface area (Å²) in [5.74, 6) is -0.231. The number of hydrogen-bond donors (Lipinski definition) is 0. The van der Waals surface area contributed by atoms with Crippen LogP contribution in [0.15, 0.2) is 94.9 Å². The molecule has 2 aliphatic heterocycles. The lowest BCUT2D eigenvalue weighted by molar-refractivity contribution is -0.122. The van der Waals surface area contributed by atoms with Crippen molar-refractivity contribution in [1.82, 2.24) is 19.0 Å². The van der Waals surface area contributed by atoms with Gasteiger partial charge in [0.15, 0.2) is 0 Å². The lowest BCUT2D eigenvalue weighted by Crippen LogP contribution is -2.48. The summed E-state index contributed by atoms with van der Waals surface area (Å²) >= 11 is 13.1. The molecule has 226 valence electrons. The van der Waals surface area contributed by atoms with Crippen LogP contribution in [0.5, 0.6) is 0 Å². The lowest BCUT2D eigenvalue weighted by atomic mass is 10.1. The monoisotopic (exact) mass is 664 g/mol. The minimum Gasteiger partial charge on any atom is -0.373 e. The fourth-order valence-corrected chi connectivity index (χ4v) is 8.36. The number of hydrogen-bond acceptors (Lipinski definition) is 7. The zero-order chi connectivity index (χ0) is 31.0. The maximum absolute atomic E-state index is 13.7. The van der Waals surface area contributed by atoms with Crippen LogP contribution in [-0.2, 0) is 26.1 Å². The number of benzene rings is 3. The highest BCUT2D eigenvalue weighted by atomic mass is 35.5. The zero-order valence-electron chi connectivity index (χ0n) is 24.0. The van der Waals surface area contributed by atoms with Crippen LogP contribution in [0, 0.1) is 0 Å². The van der Waals surface area contributed by atoms with Crippen molar-refractivity contribution in [2.75, 3.05) is 13.1 Å². The third kappa shape index (κ3) is 6.26. The SMILES string of the molecule is CC1CN(S(=O)(=O)c2cccc(-c3nn(-c4ccccc4)cc3C=C3SC(=S)N(Cc4ccccc4Cl)C3=O)c2)CC(C)O1. The summed E-state index contributed by atoms with van der Waals surface area (Å²) in [5.41, 5.74) is 3.40. The first-order valence-electron chi connectivity index (χ1n) is 14.0. The minimum atomic E-state index is -3.79. The van der Waals surface area contributed by atoms with Gasteiger partial charge >= 0.3 is 0 Å². The number of ether oxygens (including phenoxy) is 1. The molecule has 4 aromatic rings. The normalized spacial score (nSPS) is 20.5. The number of thioether (sulfide) groups is 1. The van der Waals surface area contributed by atoms with E-state index in [1.54, 1.807) is 35.0 Å². The van der Waals surface area contributed by atoms with Gasteiger partial charge in [-0.3, -0.25) is 9.69 Å². The van der Waals surface area contributed by atoms with E-state index in [2.05, 4.69) is 0 Å². The summed E-state index contributed by atoms with van der Waals surface area (Å²) in [6.07, 6.45) is 3.18. The molecule has 2 unspecified atom stereocenters. The first kappa shape index (κ1) is 30.7. The number of sulfonamides is 1. The van der Waals surface area contributed by atoms with Crippen LogP contribution in [0.1, 0.15) is 25.0 Å². The van der Waals surface area contributed by atoms with E-state index in [0.717, 1.165) is 11.3 Å². The molecule has 2 saturated heterocycles. The predicted octanol–water partition coefficient (Wildman–Crippen LogP) is 6.39. The number of nitrogens with zero attached hydrogens (tertiary/aromatic N) is 4. The smallest absolute Gasteiger partial charge is 0.266 e. The van der Waals surface area contributed by atoms with Crippen LogP contribution in [0.3, 0.4) is 0 Å². The number of carbonyl (C=O) groups is 1. The van der Waals surface area contributed by atoms with Crippen LogP contribution in [0.2, 0.25) is 5.02 Å². The summed E-state index contributed by atoms with van der Waals surface area (Å²) in [4.78, 5) is 15.7. The van der Waals surface area contributed by atoms with Crippen LogP contribution in [0.4, 0.5) is 0 Å². The average molecular weight is 665 g/mol. The summed E-state index contributed by atoms with van der Waals surface area (Å²) < 4.78 is 36.8. The summed E-state index contributed by atoms with van der Waals surface area (Å²) in [7, 11) is -3.79. The van der Waals surface area contributed by atoms with Crippen molar-refractivity contribution in [2.45, 2.75) is 37.5 Å². The first-order valence-corrected chi connectivity index (χ1v) is 17.0. The lowest BCUT2D eigenvalue weighted by Gasteiger charge is -2.34. The number of aromatic nitrogens is 2. The van der Waals surface area contributed by atoms with E-state index in [1.807, 2.05) is 74.6 Å². The van der Waals surface area contributed by atoms with Gasteiger partial charge < -0.3 is 4.74 Å². The van der Waals surface area contributed by atoms with E-state index >= 15 is 0 Å². The molecule has 3 aromatic carbocycles. The third-order valence-electron chi connectivity index (χ3n) is 7.34. The van der Waals surface area contributed by atoms with Gasteiger partial charge in [0.2, 0.25) is 10.0 Å². The molecule has 12 heteroatoms. The largest absolute Gasteiger partial charge is 0.373 e. The summed E-state index contributed by atoms with van der Waals surface area (Å²) in [6, 6.07) is 23.7. The van der Waals surface area contributed by atoms with E-state index in [9.17, 15) is 13.2 Å². The van der Waals surface area contributed by atoms with Crippen LogP contribution < -0.4 is 0 Å². The molecule has 1 aromatic heterocycles. The Kier molecular flexibility index (Phi) is 8.78. The Bertz CT molecular complexity index is 1870. The van der Waals surface area contributed by atoms with Gasteiger partial charge in [0.05, 0.1) is 34.2 Å². The van der Waals surface area contributed by atoms with Gasteiger partial charge in [0, 0.05) is 35.4 Å². The number of thiocarbonyl (C=S) groups is 1. The molecule has 3 heterocycles. The standard InChI is InChI=1S/C32H29ClN4O4S3/c1-21-17-35(18-22(2)41-21)44(39,40)27-13-8-10-23(15-27)30-25(20-37(34-30)26-11-4-3-5-12-26)16-29-31(38)36(32(42)43-29)19-24-9-6-7-14-28(24)33/h3-16,20-22H,17-19H2,1-2H3. The molecule has 0 N–H and O–H groups in total. The van der Waals surface area contributed by atoms with Crippen molar-refractivity contribution in [2.24, 2.45) is 0 Å². The fraction of sp³-hybridized carbons (Fsp3) is 0.219. The van der Waals surface area contributed by atoms with Crippen molar-refractivity contribution in [3.8, 4) is 16.9 Å². The molecule has 2 fully saturated rings. The van der Waals surface area contributed by atoms with Crippen molar-refractivity contribution >= 4 is 61.9 Å². The Morgan fingerprint density at radius 3 is 2.45 bits per heavy atom. The van der Waals surface area contributed by atoms with Gasteiger partial charge in [0.1, 0.15) is 10.0 Å². The second-order valence-electron chi connectivity index (χ2n) is 10.7. The van der Waals surface area contributed by atoms with Crippen molar-refractivity contribution in [3.05, 3.63) is 106 Å². The van der Waals surface area contributed by atoms with E-state index in [-0.39, 0.29) is 42.6 Å². The molecule has 2 atom stereocenters. The summed E-state index contributed by atoms with van der Waals surface area (Å²) in [5, 5.41) is 5.42. The van der Waals surface area contributed by atoms with Gasteiger partial charge in [-0.05, 0) is 55.8 Å². The zero-order valence-corrected chi connectivity index (χ0v) is 27.2. The van der Waals surface area contributed by atoms with Gasteiger partial charge in [-0.2, -0.15) is 9.40 Å². The molecule has 0 saturated carbocycles. The molecule has 0 spiro atoms. The highest BCUT2D eigenvalue weighted by Gasteiger charge is 2.34. The Balaban J connectivity index is 1.38. The van der Waals surface area contributed by atoms with Gasteiger partial charge in [-0.15, -0.1) is 0 Å². The van der Waals surface area contributed by atoms with Crippen LogP contribution in [0.25, 0.3) is 23.0 Å². The number of carbonyl (C=O) groups excluding carboxylic acids is 1. The number of morpholine rings is 1. The second-order valence-corrected chi connectivity index (χ2v) is 14.7. The molecule has 8 nitrogen and oxygen atoms in total. The Morgan fingerprint density at radius 2 is 1.73 bits per heavy atom. The van der Waals surface area contributed by atoms with Gasteiger partial charge in [-0.1, -0.05) is 84.1 Å². The van der Waals surface area contributed by atoms with E-state index < -0.39 is 10.0 Å². The maximum Gasteiger partial charge on any atom is 0.266 e. The van der Waals surface area contributed by atoms with Gasteiger partial charge in [0.25, 0.3) is 5.91 Å². The maximum atomic E-state index is 13.7. The molecular formula is C32H29ClN4O4S3. The van der Waals surface area contributed by atoms with Crippen molar-refractivity contribution in [3.63, 3.8) is 0 Å². The molecule has 44 heavy (non-hydrogen) atoms. The van der Waals surface area contributed by atoms with Gasteiger partial charge in [-0.25, -0.2) is 13.1 Å². The quantitative estimate of drug-likeness (QED) is 0.167. The Hall–Kier alpha value is -3.32. The minimum absolute atomic E-state index is 0.169. The highest BCUT2D eigenvalue weighted by molar-refractivity contribution is 8.26. The molecule has 1 amide bonds. The van der Waals surface area contributed by atoms with E-state index in [1.165, 1.54) is 21.0 Å². The Morgan fingerprint density at radius 1 is 1.02 bits per heavy atom. The van der Waals surface area contributed by atoms with Crippen LogP contribution >= 0.6 is 35.6 Å². The summed E-state index contributed by atoms with van der Waals surface area (Å²) in [6.45, 7) is 4.56. The van der Waals surface area contributed by atoms with Crippen LogP contribution in [-0.4, -0.2) is 62.9 Å². The molecule has 0 radical (unpaired) electrons.